The van der Waals surface area contributed by atoms with Gasteiger partial charge < -0.3 is 16.4 Å². The normalized spacial score (nSPS) is 21.9. The molecule has 3 atom stereocenters. The number of nitrogens with one attached hydrogen (secondary N) is 2. The van der Waals surface area contributed by atoms with Crippen molar-refractivity contribution in [3.63, 3.8) is 0 Å². The quantitative estimate of drug-likeness (QED) is 0.574. The van der Waals surface area contributed by atoms with Crippen LogP contribution in [0.25, 0.3) is 0 Å². The predicted octanol–water partition coefficient (Wildman–Crippen LogP) is 1.29. The fraction of sp³-hybridized carbons (Fsp3) is 0.667. The van der Waals surface area contributed by atoms with Crippen molar-refractivity contribution in [2.45, 2.75) is 32.0 Å². The molecule has 1 aliphatic rings. The van der Waals surface area contributed by atoms with Crippen LogP contribution in [0.2, 0.25) is 0 Å². The molecular formula is C12H22FN3. The van der Waals surface area contributed by atoms with E-state index in [-0.39, 0.29) is 11.5 Å². The highest BCUT2D eigenvalue weighted by Gasteiger charge is 2.35. The summed E-state index contributed by atoms with van der Waals surface area (Å²) < 4.78 is 13.7. The van der Waals surface area contributed by atoms with E-state index in [2.05, 4.69) is 17.2 Å². The molecule has 0 bridgehead atoms. The molecule has 3 unspecified atom stereocenters. The van der Waals surface area contributed by atoms with Crippen LogP contribution in [-0.2, 0) is 0 Å². The Morgan fingerprint density at radius 2 is 2.44 bits per heavy atom. The van der Waals surface area contributed by atoms with Crippen LogP contribution in [0.3, 0.4) is 0 Å². The molecule has 0 fully saturated rings. The van der Waals surface area contributed by atoms with Crippen LogP contribution < -0.4 is 16.4 Å². The van der Waals surface area contributed by atoms with Crippen molar-refractivity contribution in [2.75, 3.05) is 13.1 Å². The number of halogens is 1. The third-order valence-electron chi connectivity index (χ3n) is 3.39. The van der Waals surface area contributed by atoms with Crippen LogP contribution >= 0.6 is 0 Å². The molecule has 4 N–H and O–H groups in total. The Balaban J connectivity index is 2.72. The first-order valence-corrected chi connectivity index (χ1v) is 5.72. The summed E-state index contributed by atoms with van der Waals surface area (Å²) in [5.41, 5.74) is 5.26. The van der Waals surface area contributed by atoms with Crippen molar-refractivity contribution in [3.05, 3.63) is 24.6 Å². The zero-order valence-electron chi connectivity index (χ0n) is 10.1. The van der Waals surface area contributed by atoms with E-state index in [1.165, 1.54) is 6.08 Å². The second-order valence-electron chi connectivity index (χ2n) is 4.55. The van der Waals surface area contributed by atoms with Gasteiger partial charge in [-0.25, -0.2) is 4.39 Å². The van der Waals surface area contributed by atoms with Gasteiger partial charge in [-0.05, 0) is 26.0 Å². The first kappa shape index (κ1) is 13.0. The Morgan fingerprint density at radius 1 is 1.81 bits per heavy atom. The Morgan fingerprint density at radius 3 is 2.81 bits per heavy atom. The second-order valence-corrected chi connectivity index (χ2v) is 4.55. The summed E-state index contributed by atoms with van der Waals surface area (Å²) >= 11 is 0. The van der Waals surface area contributed by atoms with Crippen molar-refractivity contribution < 1.29 is 4.39 Å². The van der Waals surface area contributed by atoms with Crippen LogP contribution in [0.15, 0.2) is 24.6 Å². The zero-order valence-corrected chi connectivity index (χ0v) is 10.1. The molecule has 0 aliphatic carbocycles. The van der Waals surface area contributed by atoms with Crippen LogP contribution in [-0.4, -0.2) is 24.8 Å². The molecule has 1 heterocycles. The van der Waals surface area contributed by atoms with Crippen LogP contribution in [0.4, 0.5) is 4.39 Å². The average Bonchev–Trinajstić information content (AvgIpc) is 2.22. The summed E-state index contributed by atoms with van der Waals surface area (Å²) in [5, 5.41) is 6.46. The minimum Gasteiger partial charge on any atom is -0.368 e. The van der Waals surface area contributed by atoms with Gasteiger partial charge in [0.05, 0.1) is 5.82 Å². The summed E-state index contributed by atoms with van der Waals surface area (Å²) in [6, 6.07) is 0. The molecule has 1 aliphatic heterocycles. The Bertz CT molecular complexity index is 277. The number of hydrogen-bond donors (Lipinski definition) is 3. The molecule has 3 nitrogen and oxygen atoms in total. The van der Waals surface area contributed by atoms with E-state index in [1.807, 2.05) is 19.9 Å². The van der Waals surface area contributed by atoms with Crippen molar-refractivity contribution in [1.82, 2.24) is 10.6 Å². The van der Waals surface area contributed by atoms with Crippen molar-refractivity contribution in [2.24, 2.45) is 11.7 Å². The van der Waals surface area contributed by atoms with E-state index in [9.17, 15) is 4.39 Å². The largest absolute Gasteiger partial charge is 0.368 e. The van der Waals surface area contributed by atoms with E-state index in [1.54, 1.807) is 0 Å². The van der Waals surface area contributed by atoms with Gasteiger partial charge in [0.1, 0.15) is 6.17 Å². The van der Waals surface area contributed by atoms with Crippen LogP contribution in [0.5, 0.6) is 0 Å². The zero-order chi connectivity index (χ0) is 12.2. The summed E-state index contributed by atoms with van der Waals surface area (Å²) in [4.78, 5) is 0. The third kappa shape index (κ3) is 2.76. The van der Waals surface area contributed by atoms with E-state index < -0.39 is 6.17 Å². The Labute approximate surface area is 97.0 Å². The lowest BCUT2D eigenvalue weighted by atomic mass is 9.80. The molecule has 0 saturated heterocycles. The smallest absolute Gasteiger partial charge is 0.123 e. The lowest BCUT2D eigenvalue weighted by Gasteiger charge is -2.40. The molecule has 0 aromatic heterocycles. The highest BCUT2D eigenvalue weighted by atomic mass is 19.1. The molecule has 0 aromatic carbocycles. The standard InChI is InChI=1S/C12H22FN3/c1-4-10(13)9(2)12(3,6-7-14)16-11-5-8-15-11/h4-5,9-10,15-16H,1,6-8,14H2,2-3H3. The first-order chi connectivity index (χ1) is 7.53. The second kappa shape index (κ2) is 5.34. The molecule has 0 radical (unpaired) electrons. The number of hydrogen-bond acceptors (Lipinski definition) is 3. The number of rotatable bonds is 7. The molecule has 1 rings (SSSR count). The van der Waals surface area contributed by atoms with E-state index >= 15 is 0 Å². The van der Waals surface area contributed by atoms with E-state index in [0.717, 1.165) is 18.8 Å². The highest BCUT2D eigenvalue weighted by Crippen LogP contribution is 2.27. The Kier molecular flexibility index (Phi) is 4.35. The van der Waals surface area contributed by atoms with Crippen LogP contribution in [0.1, 0.15) is 20.3 Å². The average molecular weight is 227 g/mol. The van der Waals surface area contributed by atoms with Crippen molar-refractivity contribution in [3.8, 4) is 0 Å². The molecule has 0 amide bonds. The number of allylic oxidation sites excluding steroid dienone is 1. The first-order valence-electron chi connectivity index (χ1n) is 5.72. The SMILES string of the molecule is C=CC(F)C(C)C(C)(CCN)NC1=CCN1. The fourth-order valence-corrected chi connectivity index (χ4v) is 1.87. The van der Waals surface area contributed by atoms with Gasteiger partial charge in [0.25, 0.3) is 0 Å². The molecule has 0 aromatic rings. The lowest BCUT2D eigenvalue weighted by molar-refractivity contribution is 0.162. The topological polar surface area (TPSA) is 50.1 Å². The maximum absolute atomic E-state index is 13.7. The van der Waals surface area contributed by atoms with Gasteiger partial charge >= 0.3 is 0 Å². The highest BCUT2D eigenvalue weighted by molar-refractivity contribution is 5.13. The van der Waals surface area contributed by atoms with Crippen molar-refractivity contribution >= 4 is 0 Å². The van der Waals surface area contributed by atoms with E-state index in [4.69, 9.17) is 5.73 Å². The summed E-state index contributed by atoms with van der Waals surface area (Å²) in [7, 11) is 0. The molecule has 0 saturated carbocycles. The molecule has 92 valence electrons. The third-order valence-corrected chi connectivity index (χ3v) is 3.39. The maximum atomic E-state index is 13.7. The van der Waals surface area contributed by atoms with Crippen LogP contribution in [0, 0.1) is 5.92 Å². The van der Waals surface area contributed by atoms with Gasteiger partial charge in [-0.15, -0.1) is 6.58 Å². The summed E-state index contributed by atoms with van der Waals surface area (Å²) in [6.45, 7) is 8.79. The Hall–Kier alpha value is -1.03. The minimum atomic E-state index is -1.02. The molecule has 16 heavy (non-hydrogen) atoms. The summed E-state index contributed by atoms with van der Waals surface area (Å²) in [5.74, 6) is 0.802. The number of nitrogens with two attached hydrogens (primary N) is 1. The monoisotopic (exact) mass is 227 g/mol. The van der Waals surface area contributed by atoms with E-state index in [0.29, 0.717) is 6.54 Å². The van der Waals surface area contributed by atoms with Gasteiger partial charge in [-0.3, -0.25) is 0 Å². The lowest BCUT2D eigenvalue weighted by Crippen LogP contribution is -2.55. The minimum absolute atomic E-state index is 0.170. The van der Waals surface area contributed by atoms with Crippen molar-refractivity contribution in [1.29, 1.82) is 0 Å². The number of alkyl halides is 1. The van der Waals surface area contributed by atoms with Gasteiger partial charge in [0, 0.05) is 18.0 Å². The van der Waals surface area contributed by atoms with Gasteiger partial charge in [0.15, 0.2) is 0 Å². The predicted molar refractivity (Wildman–Crippen MR) is 65.6 cm³/mol. The summed E-state index contributed by atoms with van der Waals surface area (Å²) in [6.07, 6.45) is 3.10. The van der Waals surface area contributed by atoms with Gasteiger partial charge in [-0.1, -0.05) is 13.0 Å². The molecular weight excluding hydrogens is 205 g/mol. The molecule has 0 spiro atoms. The molecule has 4 heteroatoms. The fourth-order valence-electron chi connectivity index (χ4n) is 1.87. The van der Waals surface area contributed by atoms with Gasteiger partial charge in [-0.2, -0.15) is 0 Å². The van der Waals surface area contributed by atoms with Gasteiger partial charge in [0.2, 0.25) is 0 Å². The maximum Gasteiger partial charge on any atom is 0.123 e.